The molecule has 1 amide bonds. The summed E-state index contributed by atoms with van der Waals surface area (Å²) in [6.45, 7) is 8.85. The molecule has 2 aromatic heterocycles. The van der Waals surface area contributed by atoms with Crippen molar-refractivity contribution in [2.75, 3.05) is 42.5 Å². The van der Waals surface area contributed by atoms with Crippen LogP contribution in [0.4, 0.5) is 21.8 Å². The van der Waals surface area contributed by atoms with E-state index >= 15 is 0 Å². The number of fused-ring (bicyclic) bond motifs is 2. The van der Waals surface area contributed by atoms with Crippen molar-refractivity contribution in [3.63, 3.8) is 0 Å². The van der Waals surface area contributed by atoms with Crippen molar-refractivity contribution in [1.82, 2.24) is 24.8 Å². The van der Waals surface area contributed by atoms with E-state index in [-0.39, 0.29) is 29.4 Å². The molecule has 6 rings (SSSR count). The lowest BCUT2D eigenvalue weighted by Gasteiger charge is -2.48. The fourth-order valence-corrected chi connectivity index (χ4v) is 6.45. The van der Waals surface area contributed by atoms with Crippen LogP contribution in [0.2, 0.25) is 0 Å². The van der Waals surface area contributed by atoms with Gasteiger partial charge in [0.05, 0.1) is 17.7 Å². The first-order chi connectivity index (χ1) is 17.8. The predicted molar refractivity (Wildman–Crippen MR) is 137 cm³/mol. The molecule has 5 heterocycles. The summed E-state index contributed by atoms with van der Waals surface area (Å²) < 4.78 is 13.4. The second-order valence-corrected chi connectivity index (χ2v) is 11.2. The molecule has 0 N–H and O–H groups in total. The highest BCUT2D eigenvalue weighted by molar-refractivity contribution is 5.82. The summed E-state index contributed by atoms with van der Waals surface area (Å²) in [6, 6.07) is 5.52. The molecule has 10 heteroatoms. The first kappa shape index (κ1) is 24.0. The van der Waals surface area contributed by atoms with Gasteiger partial charge >= 0.3 is 0 Å². The number of aromatic nitrogens is 3. The van der Waals surface area contributed by atoms with Gasteiger partial charge in [-0.05, 0) is 45.7 Å². The van der Waals surface area contributed by atoms with Crippen LogP contribution >= 0.6 is 0 Å². The molecule has 3 atom stereocenters. The van der Waals surface area contributed by atoms with E-state index in [0.29, 0.717) is 31.7 Å². The van der Waals surface area contributed by atoms with E-state index in [4.69, 9.17) is 9.97 Å². The molecule has 0 bridgehead atoms. The molecule has 37 heavy (non-hydrogen) atoms. The van der Waals surface area contributed by atoms with E-state index in [9.17, 15) is 14.4 Å². The number of alkyl halides is 1. The molecule has 1 aliphatic carbocycles. The molecule has 3 fully saturated rings. The average Bonchev–Trinajstić information content (AvgIpc) is 3.24. The number of carbonyl (C=O) groups is 1. The molecule has 1 saturated carbocycles. The molecule has 9 nitrogen and oxygen atoms in total. The lowest BCUT2D eigenvalue weighted by atomic mass is 9.66. The molecule has 1 spiro atoms. The fourth-order valence-electron chi connectivity index (χ4n) is 6.45. The number of likely N-dealkylation sites (tertiary alicyclic amines) is 1. The van der Waals surface area contributed by atoms with Gasteiger partial charge in [0.25, 0.3) is 0 Å². The number of hydrogen-bond donors (Lipinski definition) is 0. The average molecular weight is 505 g/mol. The molecule has 3 aliphatic heterocycles. The molecule has 2 aromatic rings. The second-order valence-electron chi connectivity index (χ2n) is 11.2. The standard InChI is InChI=1S/C27H33FN8O/c1-17-12-35(26(37)19(3)33-13-21(28)14-33)18(2)11-34(17)24-23-25(32-16-31-24)36(15-27(23)6-4-7-27)22-9-20(10-29)5-8-30-22/h5,8-9,16-19,21H,4,6-7,11-15H2,1-3H3/t17-,18+,19?/m0/s1. The zero-order valence-electron chi connectivity index (χ0n) is 21.6. The first-order valence-electron chi connectivity index (χ1n) is 13.3. The van der Waals surface area contributed by atoms with Crippen LogP contribution in [0, 0.1) is 11.3 Å². The number of piperazine rings is 1. The summed E-state index contributed by atoms with van der Waals surface area (Å²) in [6.07, 6.45) is 5.78. The number of rotatable bonds is 4. The van der Waals surface area contributed by atoms with Crippen molar-refractivity contribution >= 4 is 23.4 Å². The van der Waals surface area contributed by atoms with Crippen LogP contribution in [-0.4, -0.2) is 87.7 Å². The SMILES string of the molecule is CC(C(=O)N1C[C@H](C)N(c2ncnc3c2C2(CCC2)CN3c2cc(C#N)ccn2)C[C@H]1C)N1CC(F)C1. The van der Waals surface area contributed by atoms with E-state index in [0.717, 1.165) is 43.3 Å². The Hall–Kier alpha value is -3.32. The summed E-state index contributed by atoms with van der Waals surface area (Å²) in [5, 5.41) is 9.41. The highest BCUT2D eigenvalue weighted by atomic mass is 19.1. The van der Waals surface area contributed by atoms with E-state index < -0.39 is 6.17 Å². The number of nitriles is 1. The van der Waals surface area contributed by atoms with Gasteiger partial charge in [-0.25, -0.2) is 19.3 Å². The van der Waals surface area contributed by atoms with Crippen molar-refractivity contribution < 1.29 is 9.18 Å². The minimum absolute atomic E-state index is 0.00281. The van der Waals surface area contributed by atoms with Crippen LogP contribution in [0.15, 0.2) is 24.7 Å². The van der Waals surface area contributed by atoms with Gasteiger partial charge in [0.15, 0.2) is 0 Å². The lowest BCUT2D eigenvalue weighted by molar-refractivity contribution is -0.142. The van der Waals surface area contributed by atoms with Gasteiger partial charge in [-0.15, -0.1) is 0 Å². The molecule has 0 aromatic carbocycles. The van der Waals surface area contributed by atoms with Gasteiger partial charge in [-0.2, -0.15) is 5.26 Å². The Morgan fingerprint density at radius 2 is 1.89 bits per heavy atom. The van der Waals surface area contributed by atoms with Crippen molar-refractivity contribution in [2.24, 2.45) is 0 Å². The number of anilines is 3. The number of pyridine rings is 1. The molecule has 1 unspecified atom stereocenters. The van der Waals surface area contributed by atoms with Gasteiger partial charge in [-0.3, -0.25) is 9.69 Å². The fraction of sp³-hybridized carbons (Fsp3) is 0.593. The molecule has 2 saturated heterocycles. The Balaban J connectivity index is 1.29. The third-order valence-electron chi connectivity index (χ3n) is 8.83. The molecule has 4 aliphatic rings. The van der Waals surface area contributed by atoms with Gasteiger partial charge in [0.2, 0.25) is 5.91 Å². The summed E-state index contributed by atoms with van der Waals surface area (Å²) in [5.74, 6) is 2.63. The number of amides is 1. The second kappa shape index (κ2) is 8.91. The van der Waals surface area contributed by atoms with Crippen LogP contribution in [0.25, 0.3) is 0 Å². The highest BCUT2D eigenvalue weighted by Crippen LogP contribution is 2.56. The molecule has 0 radical (unpaired) electrons. The Morgan fingerprint density at radius 3 is 2.57 bits per heavy atom. The summed E-state index contributed by atoms with van der Waals surface area (Å²) in [7, 11) is 0. The number of nitrogens with zero attached hydrogens (tertiary/aromatic N) is 8. The van der Waals surface area contributed by atoms with Crippen molar-refractivity contribution in [3.8, 4) is 6.07 Å². The quantitative estimate of drug-likeness (QED) is 0.628. The third-order valence-corrected chi connectivity index (χ3v) is 8.83. The highest BCUT2D eigenvalue weighted by Gasteiger charge is 2.52. The maximum atomic E-state index is 13.4. The maximum Gasteiger partial charge on any atom is 0.240 e. The zero-order chi connectivity index (χ0) is 25.9. The Bertz CT molecular complexity index is 1250. The zero-order valence-corrected chi connectivity index (χ0v) is 21.6. The van der Waals surface area contributed by atoms with Gasteiger partial charge in [-0.1, -0.05) is 6.42 Å². The smallest absolute Gasteiger partial charge is 0.240 e. The van der Waals surface area contributed by atoms with E-state index in [1.54, 1.807) is 18.6 Å². The topological polar surface area (TPSA) is 92.5 Å². The third kappa shape index (κ3) is 3.82. The van der Waals surface area contributed by atoms with E-state index in [2.05, 4.69) is 34.7 Å². The van der Waals surface area contributed by atoms with Crippen LogP contribution in [0.1, 0.15) is 51.2 Å². The minimum Gasteiger partial charge on any atom is -0.350 e. The predicted octanol–water partition coefficient (Wildman–Crippen LogP) is 2.78. The molecule has 194 valence electrons. The Morgan fingerprint density at radius 1 is 1.14 bits per heavy atom. The molecular formula is C27H33FN8O. The summed E-state index contributed by atoms with van der Waals surface area (Å²) >= 11 is 0. The van der Waals surface area contributed by atoms with Gasteiger partial charge in [0.1, 0.15) is 30.0 Å². The van der Waals surface area contributed by atoms with Crippen molar-refractivity contribution in [1.29, 1.82) is 5.26 Å². The van der Waals surface area contributed by atoms with Gasteiger partial charge in [0, 0.05) is 62.0 Å². The number of hydrogen-bond acceptors (Lipinski definition) is 8. The van der Waals surface area contributed by atoms with Crippen LogP contribution in [0.5, 0.6) is 0 Å². The number of halogens is 1. The van der Waals surface area contributed by atoms with Crippen molar-refractivity contribution in [2.45, 2.75) is 69.7 Å². The summed E-state index contributed by atoms with van der Waals surface area (Å²) in [5.41, 5.74) is 1.72. The monoisotopic (exact) mass is 504 g/mol. The maximum absolute atomic E-state index is 13.4. The number of carbonyl (C=O) groups excluding carboxylic acids is 1. The van der Waals surface area contributed by atoms with E-state index in [1.165, 1.54) is 5.56 Å². The van der Waals surface area contributed by atoms with Crippen molar-refractivity contribution in [3.05, 3.63) is 35.8 Å². The normalized spacial score (nSPS) is 25.9. The Kier molecular flexibility index (Phi) is 5.79. The Labute approximate surface area is 216 Å². The van der Waals surface area contributed by atoms with Crippen LogP contribution in [0.3, 0.4) is 0 Å². The largest absolute Gasteiger partial charge is 0.350 e. The minimum atomic E-state index is -0.820. The molecular weight excluding hydrogens is 471 g/mol. The van der Waals surface area contributed by atoms with Gasteiger partial charge < -0.3 is 14.7 Å². The van der Waals surface area contributed by atoms with Crippen LogP contribution < -0.4 is 9.80 Å². The summed E-state index contributed by atoms with van der Waals surface area (Å²) in [4.78, 5) is 35.8. The first-order valence-corrected chi connectivity index (χ1v) is 13.3. The van der Waals surface area contributed by atoms with E-state index in [1.807, 2.05) is 22.8 Å². The lowest BCUT2D eigenvalue weighted by Crippen LogP contribution is -2.64. The van der Waals surface area contributed by atoms with Crippen LogP contribution in [-0.2, 0) is 10.2 Å².